The third-order valence-electron chi connectivity index (χ3n) is 10.2. The number of amides is 2. The van der Waals surface area contributed by atoms with Gasteiger partial charge in [-0.15, -0.1) is 0 Å². The van der Waals surface area contributed by atoms with Crippen LogP contribution in [0.4, 0.5) is 9.59 Å². The van der Waals surface area contributed by atoms with Crippen molar-refractivity contribution in [2.24, 2.45) is 0 Å². The number of halogens is 1. The van der Waals surface area contributed by atoms with Gasteiger partial charge in [0.15, 0.2) is 0 Å². The van der Waals surface area contributed by atoms with Crippen LogP contribution < -0.4 is 13.1 Å². The molecule has 2 amide bonds. The van der Waals surface area contributed by atoms with Crippen molar-refractivity contribution in [2.75, 3.05) is 39.5 Å². The van der Waals surface area contributed by atoms with Crippen LogP contribution in [0.1, 0.15) is 85.8 Å². The number of likely N-dealkylation sites (tertiary alicyclic amines) is 2. The van der Waals surface area contributed by atoms with Crippen molar-refractivity contribution in [1.29, 1.82) is 0 Å². The summed E-state index contributed by atoms with van der Waals surface area (Å²) in [5.41, 5.74) is 3.60. The molecule has 12 nitrogen and oxygen atoms in total. The Morgan fingerprint density at radius 3 is 1.52 bits per heavy atom. The molecule has 0 bridgehead atoms. The minimum atomic E-state index is -2.13. The molecule has 2 atom stereocenters. The maximum atomic E-state index is 12.2. The monoisotopic (exact) mass is 1100 g/mol. The fourth-order valence-corrected chi connectivity index (χ4v) is 9.70. The van der Waals surface area contributed by atoms with E-state index in [1.165, 1.54) is 18.3 Å². The molecular weight excluding hydrogens is 1030 g/mol. The molecule has 0 saturated carbocycles. The number of benzene rings is 2. The van der Waals surface area contributed by atoms with Gasteiger partial charge in [0.25, 0.3) is 0 Å². The molecule has 0 aliphatic carbocycles. The fraction of sp³-hybridized carbons (Fsp3) is 0.520. The summed E-state index contributed by atoms with van der Waals surface area (Å²) in [6.07, 6.45) is 12.0. The Kier molecular flexibility index (Phi) is 22.1. The van der Waals surface area contributed by atoms with E-state index in [9.17, 15) is 9.59 Å². The van der Waals surface area contributed by atoms with E-state index in [2.05, 4.69) is 102 Å². The molecule has 6 rings (SSSR count). The molecule has 2 N–H and O–H groups in total. The molecule has 14 heteroatoms. The van der Waals surface area contributed by atoms with Crippen LogP contribution in [0, 0.1) is 3.57 Å². The molecule has 2 aliphatic heterocycles. The number of carbonyl (C=O) groups excluding carboxylic acids is 2. The van der Waals surface area contributed by atoms with E-state index in [4.69, 9.17) is 29.2 Å². The summed E-state index contributed by atoms with van der Waals surface area (Å²) in [5, 5.41) is 17.5. The number of rotatable bonds is 14. The van der Waals surface area contributed by atoms with Crippen LogP contribution in [-0.2, 0) is 22.3 Å². The topological polar surface area (TPSA) is 144 Å². The Morgan fingerprint density at radius 2 is 1.11 bits per heavy atom. The van der Waals surface area contributed by atoms with Gasteiger partial charge in [-0.2, -0.15) is 0 Å². The van der Waals surface area contributed by atoms with Gasteiger partial charge in [0.05, 0.1) is 12.2 Å². The van der Waals surface area contributed by atoms with E-state index in [1.807, 2.05) is 60.0 Å². The van der Waals surface area contributed by atoms with Gasteiger partial charge in [-0.1, -0.05) is 43.8 Å². The number of aliphatic hydroxyl groups is 2. The zero-order valence-corrected chi connectivity index (χ0v) is 43.7. The molecule has 2 fully saturated rings. The van der Waals surface area contributed by atoms with Crippen LogP contribution in [0.15, 0.2) is 85.5 Å². The molecule has 2 aliphatic rings. The predicted octanol–water partition coefficient (Wildman–Crippen LogP) is 9.93. The van der Waals surface area contributed by atoms with Crippen LogP contribution in [0.3, 0.4) is 0 Å². The maximum Gasteiger partial charge on any atom is 0.410 e. The van der Waals surface area contributed by atoms with Crippen molar-refractivity contribution in [3.8, 4) is 22.6 Å². The smallest absolute Gasteiger partial charge is 0.410 e. The zero-order chi connectivity index (χ0) is 46.2. The van der Waals surface area contributed by atoms with E-state index in [-0.39, 0.29) is 44.9 Å². The third-order valence-corrected chi connectivity index (χ3v) is 16.6. The Bertz CT molecular complexity index is 2020. The molecule has 0 radical (unpaired) electrons. The van der Waals surface area contributed by atoms with Crippen molar-refractivity contribution >= 4 is 56.7 Å². The molecule has 2 aromatic heterocycles. The molecule has 2 aromatic carbocycles. The van der Waals surface area contributed by atoms with Gasteiger partial charge in [-0.05, 0) is 110 Å². The van der Waals surface area contributed by atoms with E-state index < -0.39 is 29.6 Å². The largest absolute Gasteiger partial charge is 0.490 e. The van der Waals surface area contributed by atoms with Crippen LogP contribution in [-0.4, -0.2) is 123 Å². The first-order valence-corrected chi connectivity index (χ1v) is 33.0. The molecule has 64 heavy (non-hydrogen) atoms. The third kappa shape index (κ3) is 19.0. The van der Waals surface area contributed by atoms with Crippen molar-refractivity contribution in [2.45, 2.75) is 126 Å². The summed E-state index contributed by atoms with van der Waals surface area (Å²) in [5.74, 6) is 1.48. The van der Waals surface area contributed by atoms with Crippen molar-refractivity contribution < 1.29 is 38.7 Å². The first-order chi connectivity index (χ1) is 29.7. The quantitative estimate of drug-likeness (QED) is 0.0926. The van der Waals surface area contributed by atoms with Crippen LogP contribution >= 0.6 is 22.6 Å². The number of aromatic nitrogens is 2. The number of hydrogen-bond donors (Lipinski definition) is 2. The van der Waals surface area contributed by atoms with E-state index in [0.29, 0.717) is 25.5 Å². The second-order valence-corrected chi connectivity index (χ2v) is 34.6. The maximum absolute atomic E-state index is 12.2. The number of hydrogen-bond acceptors (Lipinski definition) is 10. The first-order valence-electron chi connectivity index (χ1n) is 22.0. The molecule has 0 unspecified atom stereocenters. The summed E-state index contributed by atoms with van der Waals surface area (Å²) in [6.45, 7) is 14.1. The van der Waals surface area contributed by atoms with Crippen molar-refractivity contribution in [3.63, 3.8) is 0 Å². The van der Waals surface area contributed by atoms with Crippen LogP contribution in [0.25, 0.3) is 11.1 Å². The summed E-state index contributed by atoms with van der Waals surface area (Å²) >= 11 is 0.150. The van der Waals surface area contributed by atoms with E-state index in [1.54, 1.807) is 22.2 Å². The average Bonchev–Trinajstić information content (AvgIpc) is 3.18. The summed E-state index contributed by atoms with van der Waals surface area (Å²) in [7, 11) is 0. The summed E-state index contributed by atoms with van der Waals surface area (Å²) in [6, 6.07) is 20.9. The van der Waals surface area contributed by atoms with Gasteiger partial charge in [0, 0.05) is 35.1 Å². The molecule has 352 valence electrons. The Balaban J connectivity index is 0.000000277. The van der Waals surface area contributed by atoms with Crippen molar-refractivity contribution in [3.05, 3.63) is 100 Å². The number of nitrogens with zero attached hydrogens (tertiary/aromatic N) is 4. The second kappa shape index (κ2) is 25.9. The van der Waals surface area contributed by atoms with Gasteiger partial charge in [-0.25, -0.2) is 4.79 Å². The average molecular weight is 1100 g/mol. The normalized spacial score (nSPS) is 15.7. The van der Waals surface area contributed by atoms with Gasteiger partial charge >= 0.3 is 149 Å². The summed E-state index contributed by atoms with van der Waals surface area (Å²) < 4.78 is 25.3. The second-order valence-electron chi connectivity index (χ2n) is 18.9. The predicted molar refractivity (Wildman–Crippen MR) is 267 cm³/mol. The summed E-state index contributed by atoms with van der Waals surface area (Å²) in [4.78, 5) is 43.4. The fourth-order valence-electron chi connectivity index (χ4n) is 6.38. The molecule has 2 saturated heterocycles. The van der Waals surface area contributed by atoms with Crippen LogP contribution in [0.2, 0.25) is 14.8 Å². The zero-order valence-electron chi connectivity index (χ0n) is 38.7. The van der Waals surface area contributed by atoms with Gasteiger partial charge in [-0.3, -0.25) is 4.98 Å². The molecule has 0 spiro atoms. The first kappa shape index (κ1) is 54.7. The number of aliphatic hydroxyl groups excluding tert-OH is 2. The van der Waals surface area contributed by atoms with Crippen molar-refractivity contribution in [1.82, 2.24) is 19.8 Å². The number of pyridine rings is 2. The standard InChI is InChI=1S/C23H30N2O4.C14H19N2O3.C9H11IO.CH4.3CH3.Sn/c1-23(2,3)29-22(27)25-11-10-20(25)16-28-21-13-19(14-24-15-21)18-8-6-17(7-9-18)5-4-12-26;1-14(2,3)19-13(17)16-8-6-11(16)10-18-12-5-4-7-15-9-12;10-9-5-3-8(4-6-9)2-1-7-11;;;;;/h6-9,13-15,20,26H,4-5,10-12,16H2,1-3H3;5,7,9,11H,6,8,10H2,1-3H3;3-6,11H,1-2,7H2;1H4;3*1H3;/t20-;11-;;;;;;/m00....../s1. The number of ether oxygens (including phenoxy) is 4. The molecular formula is C50H73IN4O8Sn. The Morgan fingerprint density at radius 1 is 0.672 bits per heavy atom. The SMILES string of the molecule is C.CC(C)(C)OC(=O)N1CC[C@H]1COc1cnc[c]([Sn]([CH3])([CH3])[CH3])c1.CC(C)(C)OC(=O)N1CC[C@H]1COc1cncc(-c2ccc(CCCO)cc2)c1.OCCCc1ccc(I)cc1. The molecule has 4 heterocycles. The minimum absolute atomic E-state index is 0. The van der Waals surface area contributed by atoms with Gasteiger partial charge in [0.1, 0.15) is 18.0 Å². The Hall–Kier alpha value is -3.67. The number of aryl methyl sites for hydroxylation is 2. The van der Waals surface area contributed by atoms with Gasteiger partial charge < -0.3 is 24.6 Å². The number of carbonyl (C=O) groups is 2. The van der Waals surface area contributed by atoms with Gasteiger partial charge in [0.2, 0.25) is 0 Å². The molecule has 4 aromatic rings. The van der Waals surface area contributed by atoms with E-state index in [0.717, 1.165) is 61.9 Å². The van der Waals surface area contributed by atoms with Crippen LogP contribution in [0.5, 0.6) is 11.5 Å². The minimum Gasteiger partial charge on any atom is -0.490 e. The van der Waals surface area contributed by atoms with E-state index >= 15 is 0 Å². The Labute approximate surface area is 400 Å².